The van der Waals surface area contributed by atoms with Gasteiger partial charge in [0.25, 0.3) is 5.91 Å². The lowest BCUT2D eigenvalue weighted by Gasteiger charge is -2.38. The van der Waals surface area contributed by atoms with Gasteiger partial charge >= 0.3 is 0 Å². The molecule has 8 nitrogen and oxygen atoms in total. The van der Waals surface area contributed by atoms with Gasteiger partial charge in [-0.1, -0.05) is 0 Å². The predicted octanol–water partition coefficient (Wildman–Crippen LogP) is 1.44. The van der Waals surface area contributed by atoms with Gasteiger partial charge in [0.2, 0.25) is 0 Å². The Morgan fingerprint density at radius 2 is 2.20 bits per heavy atom. The smallest absolute Gasteiger partial charge is 0.272 e. The second-order valence-electron chi connectivity index (χ2n) is 6.62. The Morgan fingerprint density at radius 3 is 2.84 bits per heavy atom. The van der Waals surface area contributed by atoms with Crippen LogP contribution in [0.25, 0.3) is 16.9 Å². The zero-order valence-electron chi connectivity index (χ0n) is 14.5. The van der Waals surface area contributed by atoms with Gasteiger partial charge in [-0.2, -0.15) is 10.2 Å². The van der Waals surface area contributed by atoms with E-state index >= 15 is 0 Å². The summed E-state index contributed by atoms with van der Waals surface area (Å²) < 4.78 is 8.75. The van der Waals surface area contributed by atoms with Gasteiger partial charge in [-0.15, -0.1) is 0 Å². The highest BCUT2D eigenvalue weighted by atomic mass is 16.5. The third-order valence-electron chi connectivity index (χ3n) is 4.39. The van der Waals surface area contributed by atoms with E-state index in [1.54, 1.807) is 16.8 Å². The SMILES string of the molecule is CCn1cc(-c2ccnc3cc(C(=O)NC4(C)COC4)nn23)c(C)n1. The molecule has 1 fully saturated rings. The van der Waals surface area contributed by atoms with Crippen LogP contribution in [-0.2, 0) is 11.3 Å². The molecule has 4 heterocycles. The van der Waals surface area contributed by atoms with Gasteiger partial charge in [0.15, 0.2) is 11.3 Å². The summed E-state index contributed by atoms with van der Waals surface area (Å²) in [5.74, 6) is -0.219. The van der Waals surface area contributed by atoms with Crippen molar-refractivity contribution in [3.05, 3.63) is 35.9 Å². The summed E-state index contributed by atoms with van der Waals surface area (Å²) in [6.07, 6.45) is 3.70. The van der Waals surface area contributed by atoms with Crippen LogP contribution in [0, 0.1) is 6.92 Å². The summed E-state index contributed by atoms with van der Waals surface area (Å²) in [7, 11) is 0. The number of fused-ring (bicyclic) bond motifs is 1. The quantitative estimate of drug-likeness (QED) is 0.777. The molecule has 0 saturated carbocycles. The number of aryl methyl sites for hydroxylation is 2. The van der Waals surface area contributed by atoms with E-state index in [1.807, 2.05) is 37.7 Å². The number of aromatic nitrogens is 5. The average Bonchev–Trinajstić information content (AvgIpc) is 3.16. The van der Waals surface area contributed by atoms with Crippen molar-refractivity contribution in [3.63, 3.8) is 0 Å². The van der Waals surface area contributed by atoms with E-state index < -0.39 is 0 Å². The van der Waals surface area contributed by atoms with Crippen LogP contribution in [0.4, 0.5) is 0 Å². The maximum atomic E-state index is 12.5. The second kappa shape index (κ2) is 5.66. The molecule has 8 heteroatoms. The number of carbonyl (C=O) groups is 1. The third-order valence-corrected chi connectivity index (χ3v) is 4.39. The van der Waals surface area contributed by atoms with Crippen LogP contribution in [0.3, 0.4) is 0 Å². The Balaban J connectivity index is 1.73. The van der Waals surface area contributed by atoms with Gasteiger partial charge in [-0.05, 0) is 26.8 Å². The molecule has 1 aliphatic heterocycles. The van der Waals surface area contributed by atoms with Crippen molar-refractivity contribution < 1.29 is 9.53 Å². The number of rotatable bonds is 4. The topological polar surface area (TPSA) is 86.3 Å². The van der Waals surface area contributed by atoms with E-state index in [0.717, 1.165) is 23.5 Å². The molecule has 0 aromatic carbocycles. The highest BCUT2D eigenvalue weighted by molar-refractivity contribution is 5.94. The Morgan fingerprint density at radius 1 is 1.40 bits per heavy atom. The highest BCUT2D eigenvalue weighted by Gasteiger charge is 2.35. The molecule has 1 aliphatic rings. The van der Waals surface area contributed by atoms with Crippen molar-refractivity contribution in [2.24, 2.45) is 0 Å². The minimum atomic E-state index is -0.317. The average molecular weight is 340 g/mol. The van der Waals surface area contributed by atoms with E-state index in [4.69, 9.17) is 4.74 Å². The Labute approximate surface area is 144 Å². The molecular weight excluding hydrogens is 320 g/mol. The maximum absolute atomic E-state index is 12.5. The van der Waals surface area contributed by atoms with Crippen molar-refractivity contribution in [1.29, 1.82) is 0 Å². The van der Waals surface area contributed by atoms with E-state index in [1.165, 1.54) is 0 Å². The second-order valence-corrected chi connectivity index (χ2v) is 6.62. The minimum Gasteiger partial charge on any atom is -0.376 e. The molecule has 4 rings (SSSR count). The molecule has 1 saturated heterocycles. The van der Waals surface area contributed by atoms with Gasteiger partial charge in [0, 0.05) is 30.6 Å². The van der Waals surface area contributed by atoms with Crippen molar-refractivity contribution in [1.82, 2.24) is 29.7 Å². The number of hydrogen-bond acceptors (Lipinski definition) is 5. The third kappa shape index (κ3) is 2.68. The lowest BCUT2D eigenvalue weighted by atomic mass is 10.0. The molecule has 1 amide bonds. The van der Waals surface area contributed by atoms with Crippen LogP contribution in [0.15, 0.2) is 24.5 Å². The summed E-state index contributed by atoms with van der Waals surface area (Å²) in [6.45, 7) is 7.79. The fourth-order valence-electron chi connectivity index (χ4n) is 2.96. The fraction of sp³-hybridized carbons (Fsp3) is 0.412. The van der Waals surface area contributed by atoms with Gasteiger partial charge < -0.3 is 10.1 Å². The summed E-state index contributed by atoms with van der Waals surface area (Å²) in [6, 6.07) is 3.58. The molecule has 0 unspecified atom stereocenters. The first-order chi connectivity index (χ1) is 12.0. The largest absolute Gasteiger partial charge is 0.376 e. The molecule has 0 radical (unpaired) electrons. The zero-order valence-corrected chi connectivity index (χ0v) is 14.5. The van der Waals surface area contributed by atoms with E-state index in [9.17, 15) is 4.79 Å². The predicted molar refractivity (Wildman–Crippen MR) is 91.3 cm³/mol. The van der Waals surface area contributed by atoms with Crippen LogP contribution in [-0.4, -0.2) is 49.0 Å². The van der Waals surface area contributed by atoms with Gasteiger partial charge in [-0.3, -0.25) is 9.48 Å². The molecule has 1 N–H and O–H groups in total. The van der Waals surface area contributed by atoms with Crippen molar-refractivity contribution in [2.75, 3.05) is 13.2 Å². The molecule has 0 atom stereocenters. The summed E-state index contributed by atoms with van der Waals surface area (Å²) >= 11 is 0. The van der Waals surface area contributed by atoms with E-state index in [2.05, 4.69) is 20.5 Å². The van der Waals surface area contributed by atoms with Gasteiger partial charge in [0.05, 0.1) is 30.1 Å². The Bertz CT molecular complexity index is 953. The number of amides is 1. The first-order valence-electron chi connectivity index (χ1n) is 8.28. The van der Waals surface area contributed by atoms with Crippen LogP contribution in [0.5, 0.6) is 0 Å². The molecule has 130 valence electrons. The molecule has 0 spiro atoms. The maximum Gasteiger partial charge on any atom is 0.272 e. The van der Waals surface area contributed by atoms with Gasteiger partial charge in [0.1, 0.15) is 0 Å². The molecular formula is C17H20N6O2. The number of hydrogen-bond donors (Lipinski definition) is 1. The fourth-order valence-corrected chi connectivity index (χ4v) is 2.96. The minimum absolute atomic E-state index is 0.219. The van der Waals surface area contributed by atoms with Crippen LogP contribution in [0.2, 0.25) is 0 Å². The van der Waals surface area contributed by atoms with E-state index in [0.29, 0.717) is 24.6 Å². The lowest BCUT2D eigenvalue weighted by Crippen LogP contribution is -2.59. The summed E-state index contributed by atoms with van der Waals surface area (Å²) in [4.78, 5) is 16.8. The van der Waals surface area contributed by atoms with Crippen molar-refractivity contribution >= 4 is 11.6 Å². The number of nitrogens with one attached hydrogen (secondary N) is 1. The highest BCUT2D eigenvalue weighted by Crippen LogP contribution is 2.23. The van der Waals surface area contributed by atoms with E-state index in [-0.39, 0.29) is 11.4 Å². The zero-order chi connectivity index (χ0) is 17.6. The number of ether oxygens (including phenoxy) is 1. The number of carbonyl (C=O) groups excluding carboxylic acids is 1. The molecule has 3 aromatic heterocycles. The van der Waals surface area contributed by atoms with Crippen molar-refractivity contribution in [3.8, 4) is 11.3 Å². The first kappa shape index (κ1) is 15.8. The van der Waals surface area contributed by atoms with Gasteiger partial charge in [-0.25, -0.2) is 9.50 Å². The standard InChI is InChI=1S/C17H20N6O2/c1-4-22-8-12(11(2)20-22)14-5-6-18-15-7-13(21-23(14)15)16(24)19-17(3)9-25-10-17/h5-8H,4,9-10H2,1-3H3,(H,19,24). The summed E-state index contributed by atoms with van der Waals surface area (Å²) in [5, 5.41) is 11.9. The molecule has 3 aromatic rings. The molecule has 25 heavy (non-hydrogen) atoms. The van der Waals surface area contributed by atoms with Crippen LogP contribution >= 0.6 is 0 Å². The monoisotopic (exact) mass is 340 g/mol. The van der Waals surface area contributed by atoms with Crippen molar-refractivity contribution in [2.45, 2.75) is 32.9 Å². The molecule has 0 bridgehead atoms. The Kier molecular flexibility index (Phi) is 3.57. The molecule has 0 aliphatic carbocycles. The van der Waals surface area contributed by atoms with Crippen LogP contribution in [0.1, 0.15) is 30.0 Å². The normalized spacial score (nSPS) is 16.0. The first-order valence-corrected chi connectivity index (χ1v) is 8.28. The summed E-state index contributed by atoms with van der Waals surface area (Å²) in [5.41, 5.74) is 3.40. The lowest BCUT2D eigenvalue weighted by molar-refractivity contribution is -0.0594. The Hall–Kier alpha value is -2.74. The number of nitrogens with zero attached hydrogens (tertiary/aromatic N) is 5. The van der Waals surface area contributed by atoms with Crippen LogP contribution < -0.4 is 5.32 Å².